The Hall–Kier alpha value is -1.07. The third-order valence-electron chi connectivity index (χ3n) is 3.97. The maximum atomic E-state index is 12.6. The Bertz CT molecular complexity index is 437. The number of benzene rings is 1. The largest absolute Gasteiger partial charge is 0.416 e. The van der Waals surface area contributed by atoms with Crippen LogP contribution in [-0.2, 0) is 12.7 Å². The molecule has 1 atom stereocenters. The van der Waals surface area contributed by atoms with Gasteiger partial charge in [0, 0.05) is 6.54 Å². The molecular formula is C15H20F3NO. The highest BCUT2D eigenvalue weighted by atomic mass is 19.4. The van der Waals surface area contributed by atoms with Gasteiger partial charge in [0.05, 0.1) is 11.7 Å². The fourth-order valence-electron chi connectivity index (χ4n) is 2.70. The summed E-state index contributed by atoms with van der Waals surface area (Å²) in [6, 6.07) is 5.51. The zero-order chi connectivity index (χ0) is 14.8. The van der Waals surface area contributed by atoms with Crippen LogP contribution in [0.4, 0.5) is 13.2 Å². The Labute approximate surface area is 117 Å². The Morgan fingerprint density at radius 1 is 1.30 bits per heavy atom. The van der Waals surface area contributed by atoms with Gasteiger partial charge >= 0.3 is 6.18 Å². The molecule has 1 aliphatic heterocycles. The first kappa shape index (κ1) is 15.3. The first-order valence-corrected chi connectivity index (χ1v) is 6.93. The van der Waals surface area contributed by atoms with Crippen molar-refractivity contribution in [1.82, 2.24) is 4.90 Å². The Morgan fingerprint density at radius 3 is 2.50 bits per heavy atom. The van der Waals surface area contributed by atoms with Crippen LogP contribution in [-0.4, -0.2) is 29.2 Å². The lowest BCUT2D eigenvalue weighted by Crippen LogP contribution is -2.36. The number of piperidine rings is 1. The van der Waals surface area contributed by atoms with E-state index in [1.54, 1.807) is 13.0 Å². The van der Waals surface area contributed by atoms with Crippen molar-refractivity contribution in [2.24, 2.45) is 5.92 Å². The summed E-state index contributed by atoms with van der Waals surface area (Å²) in [5.74, 6) is 0.313. The summed E-state index contributed by atoms with van der Waals surface area (Å²) in [6.45, 7) is 3.99. The molecule has 2 nitrogen and oxygen atoms in total. The summed E-state index contributed by atoms with van der Waals surface area (Å²) in [5.41, 5.74) is 0.101. The molecule has 0 saturated carbocycles. The summed E-state index contributed by atoms with van der Waals surface area (Å²) >= 11 is 0. The monoisotopic (exact) mass is 287 g/mol. The van der Waals surface area contributed by atoms with Gasteiger partial charge in [-0.3, -0.25) is 4.90 Å². The van der Waals surface area contributed by atoms with Gasteiger partial charge in [0.1, 0.15) is 0 Å². The van der Waals surface area contributed by atoms with Gasteiger partial charge in [0.2, 0.25) is 0 Å². The molecule has 112 valence electrons. The molecule has 0 spiro atoms. The van der Waals surface area contributed by atoms with Crippen molar-refractivity contribution >= 4 is 0 Å². The SMILES string of the molecule is CC(O)C1CCN(Cc2cccc(C(F)(F)F)c2)CC1. The third kappa shape index (κ3) is 3.96. The molecule has 0 bridgehead atoms. The molecule has 0 aliphatic carbocycles. The van der Waals surface area contributed by atoms with Gasteiger partial charge in [-0.2, -0.15) is 13.2 Å². The van der Waals surface area contributed by atoms with E-state index in [2.05, 4.69) is 4.90 Å². The number of hydrogen-bond donors (Lipinski definition) is 1. The molecule has 2 rings (SSSR count). The molecule has 5 heteroatoms. The molecule has 1 fully saturated rings. The first-order chi connectivity index (χ1) is 9.36. The molecule has 1 aromatic rings. The minimum absolute atomic E-state index is 0.300. The van der Waals surface area contributed by atoms with Crippen molar-refractivity contribution < 1.29 is 18.3 Å². The molecule has 1 aliphatic rings. The molecule has 1 saturated heterocycles. The van der Waals surface area contributed by atoms with Gasteiger partial charge in [-0.25, -0.2) is 0 Å². The van der Waals surface area contributed by atoms with Gasteiger partial charge < -0.3 is 5.11 Å². The minimum Gasteiger partial charge on any atom is -0.393 e. The van der Waals surface area contributed by atoms with Crippen LogP contribution in [0.5, 0.6) is 0 Å². The number of rotatable bonds is 3. The predicted molar refractivity (Wildman–Crippen MR) is 71.1 cm³/mol. The highest BCUT2D eigenvalue weighted by Gasteiger charge is 2.30. The van der Waals surface area contributed by atoms with Gasteiger partial charge in [-0.15, -0.1) is 0 Å². The van der Waals surface area contributed by atoms with Gasteiger partial charge in [0.25, 0.3) is 0 Å². The van der Waals surface area contributed by atoms with Crippen LogP contribution in [0.2, 0.25) is 0 Å². The topological polar surface area (TPSA) is 23.5 Å². The van der Waals surface area contributed by atoms with Crippen molar-refractivity contribution in [3.05, 3.63) is 35.4 Å². The zero-order valence-corrected chi connectivity index (χ0v) is 11.5. The van der Waals surface area contributed by atoms with Crippen LogP contribution in [0.3, 0.4) is 0 Å². The molecule has 1 heterocycles. The van der Waals surface area contributed by atoms with Crippen molar-refractivity contribution in [3.8, 4) is 0 Å². The second-order valence-electron chi connectivity index (χ2n) is 5.55. The second-order valence-corrected chi connectivity index (χ2v) is 5.55. The van der Waals surface area contributed by atoms with Crippen molar-refractivity contribution in [3.63, 3.8) is 0 Å². The Balaban J connectivity index is 1.95. The van der Waals surface area contributed by atoms with E-state index in [4.69, 9.17) is 0 Å². The molecule has 0 amide bonds. The molecule has 1 N–H and O–H groups in total. The number of hydrogen-bond acceptors (Lipinski definition) is 2. The van der Waals surface area contributed by atoms with Crippen molar-refractivity contribution in [2.75, 3.05) is 13.1 Å². The normalized spacial score (nSPS) is 20.1. The number of aliphatic hydroxyl groups is 1. The summed E-state index contributed by atoms with van der Waals surface area (Å²) in [6.07, 6.45) is -2.78. The second kappa shape index (κ2) is 6.14. The lowest BCUT2D eigenvalue weighted by molar-refractivity contribution is -0.137. The minimum atomic E-state index is -4.28. The highest BCUT2D eigenvalue weighted by molar-refractivity contribution is 5.25. The molecule has 20 heavy (non-hydrogen) atoms. The van der Waals surface area contributed by atoms with Gasteiger partial charge in [-0.1, -0.05) is 18.2 Å². The first-order valence-electron chi connectivity index (χ1n) is 6.93. The van der Waals surface area contributed by atoms with Crippen LogP contribution < -0.4 is 0 Å². The Morgan fingerprint density at radius 2 is 1.95 bits per heavy atom. The third-order valence-corrected chi connectivity index (χ3v) is 3.97. The van der Waals surface area contributed by atoms with E-state index in [1.165, 1.54) is 12.1 Å². The van der Waals surface area contributed by atoms with E-state index in [9.17, 15) is 18.3 Å². The average Bonchev–Trinajstić information content (AvgIpc) is 2.38. The van der Waals surface area contributed by atoms with E-state index < -0.39 is 11.7 Å². The average molecular weight is 287 g/mol. The maximum absolute atomic E-state index is 12.6. The molecule has 1 unspecified atom stereocenters. The fourth-order valence-corrected chi connectivity index (χ4v) is 2.70. The predicted octanol–water partition coefficient (Wildman–Crippen LogP) is 3.30. The summed E-state index contributed by atoms with van der Waals surface area (Å²) in [7, 11) is 0. The van der Waals surface area contributed by atoms with Crippen LogP contribution in [0.25, 0.3) is 0 Å². The number of likely N-dealkylation sites (tertiary alicyclic amines) is 1. The van der Waals surface area contributed by atoms with E-state index in [0.717, 1.165) is 32.0 Å². The zero-order valence-electron chi connectivity index (χ0n) is 11.5. The van der Waals surface area contributed by atoms with E-state index >= 15 is 0 Å². The van der Waals surface area contributed by atoms with Gasteiger partial charge in [-0.05, 0) is 50.4 Å². The molecule has 0 radical (unpaired) electrons. The number of aliphatic hydroxyl groups excluding tert-OH is 1. The lowest BCUT2D eigenvalue weighted by Gasteiger charge is -2.33. The summed E-state index contributed by atoms with van der Waals surface area (Å²) in [4.78, 5) is 2.15. The smallest absolute Gasteiger partial charge is 0.393 e. The standard InChI is InChI=1S/C15H20F3NO/c1-11(20)13-5-7-19(8-6-13)10-12-3-2-4-14(9-12)15(16,17)18/h2-4,9,11,13,20H,5-8,10H2,1H3. The van der Waals surface area contributed by atoms with Crippen LogP contribution >= 0.6 is 0 Å². The van der Waals surface area contributed by atoms with Gasteiger partial charge in [0.15, 0.2) is 0 Å². The number of nitrogens with zero attached hydrogens (tertiary/aromatic N) is 1. The Kier molecular flexibility index (Phi) is 4.70. The quantitative estimate of drug-likeness (QED) is 0.922. The van der Waals surface area contributed by atoms with Crippen LogP contribution in [0.15, 0.2) is 24.3 Å². The van der Waals surface area contributed by atoms with E-state index in [-0.39, 0.29) is 6.10 Å². The van der Waals surface area contributed by atoms with Crippen LogP contribution in [0, 0.1) is 5.92 Å². The molecule has 1 aromatic carbocycles. The molecular weight excluding hydrogens is 267 g/mol. The van der Waals surface area contributed by atoms with E-state index in [1.807, 2.05) is 0 Å². The van der Waals surface area contributed by atoms with E-state index in [0.29, 0.717) is 18.0 Å². The van der Waals surface area contributed by atoms with Crippen molar-refractivity contribution in [1.29, 1.82) is 0 Å². The highest BCUT2D eigenvalue weighted by Crippen LogP contribution is 2.30. The summed E-state index contributed by atoms with van der Waals surface area (Å²) in [5, 5.41) is 9.54. The number of halogens is 3. The number of alkyl halides is 3. The van der Waals surface area contributed by atoms with Crippen LogP contribution in [0.1, 0.15) is 30.9 Å². The summed E-state index contributed by atoms with van der Waals surface area (Å²) < 4.78 is 37.9. The lowest BCUT2D eigenvalue weighted by atomic mass is 9.92. The molecule has 0 aromatic heterocycles. The maximum Gasteiger partial charge on any atom is 0.416 e. The van der Waals surface area contributed by atoms with Crippen molar-refractivity contribution in [2.45, 2.75) is 38.6 Å². The fraction of sp³-hybridized carbons (Fsp3) is 0.600.